The van der Waals surface area contributed by atoms with Crippen molar-refractivity contribution in [2.45, 2.75) is 6.61 Å². The molecule has 0 fully saturated rings. The molecule has 10 heavy (non-hydrogen) atoms. The molecule has 0 saturated carbocycles. The first kappa shape index (κ1) is 6.95. The predicted octanol–water partition coefficient (Wildman–Crippen LogP) is 0.295. The maximum atomic E-state index is 12.3. The number of hydrogen-bond donors (Lipinski definition) is 2. The Bertz CT molecular complexity index is 219. The lowest BCUT2D eigenvalue weighted by Crippen LogP contribution is -1.95. The van der Waals surface area contributed by atoms with Crippen molar-refractivity contribution in [2.24, 2.45) is 0 Å². The summed E-state index contributed by atoms with van der Waals surface area (Å²) < 4.78 is 12.3. The molecule has 0 spiro atoms. The number of aliphatic hydroxyl groups is 1. The van der Waals surface area contributed by atoms with Crippen LogP contribution >= 0.6 is 0 Å². The van der Waals surface area contributed by atoms with Crippen LogP contribution in [0.5, 0.6) is 0 Å². The summed E-state index contributed by atoms with van der Waals surface area (Å²) in [4.78, 5) is 3.28. The zero-order valence-corrected chi connectivity index (χ0v) is 5.21. The molecule has 1 aromatic rings. The zero-order valence-electron chi connectivity index (χ0n) is 5.21. The lowest BCUT2D eigenvalue weighted by molar-refractivity contribution is 0.281. The van der Waals surface area contributed by atoms with Crippen LogP contribution in [0.2, 0.25) is 0 Å². The number of nitrogen functional groups attached to an aromatic ring is 1. The van der Waals surface area contributed by atoms with Crippen LogP contribution in [0.1, 0.15) is 5.56 Å². The molecule has 1 rings (SSSR count). The number of aliphatic hydroxyl groups excluding tert-OH is 1. The van der Waals surface area contributed by atoms with Gasteiger partial charge in [0.25, 0.3) is 0 Å². The van der Waals surface area contributed by atoms with E-state index in [2.05, 4.69) is 4.98 Å². The number of aromatic nitrogens is 1. The Morgan fingerprint density at radius 2 is 2.30 bits per heavy atom. The van der Waals surface area contributed by atoms with E-state index in [1.54, 1.807) is 0 Å². The van der Waals surface area contributed by atoms with Gasteiger partial charge in [-0.1, -0.05) is 0 Å². The Kier molecular flexibility index (Phi) is 1.82. The molecule has 0 aliphatic rings. The van der Waals surface area contributed by atoms with E-state index in [1.807, 2.05) is 0 Å². The van der Waals surface area contributed by atoms with E-state index in [0.29, 0.717) is 5.56 Å². The standard InChI is InChI=1S/C6H7FN2O/c7-5-1-4(3-10)2-6(8)9-5/h1-2,10H,3H2,(H2,8,9). The van der Waals surface area contributed by atoms with Crippen LogP contribution in [-0.4, -0.2) is 10.1 Å². The van der Waals surface area contributed by atoms with Crippen LogP contribution in [0.25, 0.3) is 0 Å². The SMILES string of the molecule is Nc1cc(CO)cc(F)n1. The van der Waals surface area contributed by atoms with Crippen molar-refractivity contribution in [3.8, 4) is 0 Å². The minimum absolute atomic E-state index is 0.0871. The molecule has 0 saturated heterocycles. The van der Waals surface area contributed by atoms with Crippen molar-refractivity contribution in [2.75, 3.05) is 5.73 Å². The second-order valence-electron chi connectivity index (χ2n) is 1.88. The van der Waals surface area contributed by atoms with E-state index in [-0.39, 0.29) is 12.4 Å². The average molecular weight is 142 g/mol. The molecule has 0 atom stereocenters. The van der Waals surface area contributed by atoms with Gasteiger partial charge in [0, 0.05) is 0 Å². The van der Waals surface area contributed by atoms with Crippen molar-refractivity contribution in [3.05, 3.63) is 23.6 Å². The fourth-order valence-electron chi connectivity index (χ4n) is 0.664. The number of nitrogens with zero attached hydrogens (tertiary/aromatic N) is 1. The summed E-state index contributed by atoms with van der Waals surface area (Å²) in [7, 11) is 0. The highest BCUT2D eigenvalue weighted by atomic mass is 19.1. The minimum atomic E-state index is -0.663. The molecule has 0 aliphatic heterocycles. The first-order valence-electron chi connectivity index (χ1n) is 2.75. The number of rotatable bonds is 1. The fraction of sp³-hybridized carbons (Fsp3) is 0.167. The molecule has 0 aliphatic carbocycles. The summed E-state index contributed by atoms with van der Waals surface area (Å²) in [5.74, 6) is -0.576. The number of hydrogen-bond acceptors (Lipinski definition) is 3. The van der Waals surface area contributed by atoms with E-state index in [4.69, 9.17) is 10.8 Å². The van der Waals surface area contributed by atoms with Gasteiger partial charge in [-0.3, -0.25) is 0 Å². The van der Waals surface area contributed by atoms with E-state index in [9.17, 15) is 4.39 Å². The van der Waals surface area contributed by atoms with E-state index in [1.165, 1.54) is 6.07 Å². The van der Waals surface area contributed by atoms with Crippen molar-refractivity contribution in [3.63, 3.8) is 0 Å². The molecule has 0 aromatic carbocycles. The maximum Gasteiger partial charge on any atom is 0.215 e. The summed E-state index contributed by atoms with van der Waals surface area (Å²) in [6.45, 7) is -0.219. The van der Waals surface area contributed by atoms with Gasteiger partial charge >= 0.3 is 0 Å². The quantitative estimate of drug-likeness (QED) is 0.554. The van der Waals surface area contributed by atoms with Crippen LogP contribution in [0.3, 0.4) is 0 Å². The van der Waals surface area contributed by atoms with Gasteiger partial charge in [-0.2, -0.15) is 4.39 Å². The number of pyridine rings is 1. The summed E-state index contributed by atoms with van der Waals surface area (Å²) in [5.41, 5.74) is 5.61. The third-order valence-corrected chi connectivity index (χ3v) is 1.06. The largest absolute Gasteiger partial charge is 0.392 e. The van der Waals surface area contributed by atoms with Gasteiger partial charge in [0.15, 0.2) is 0 Å². The molecule has 3 nitrogen and oxygen atoms in total. The fourth-order valence-corrected chi connectivity index (χ4v) is 0.664. The highest BCUT2D eigenvalue weighted by molar-refractivity contribution is 5.31. The van der Waals surface area contributed by atoms with Crippen LogP contribution < -0.4 is 5.73 Å². The van der Waals surface area contributed by atoms with E-state index >= 15 is 0 Å². The maximum absolute atomic E-state index is 12.3. The van der Waals surface area contributed by atoms with Gasteiger partial charge < -0.3 is 10.8 Å². The molecule has 0 unspecified atom stereocenters. The lowest BCUT2D eigenvalue weighted by Gasteiger charge is -1.96. The van der Waals surface area contributed by atoms with Gasteiger partial charge in [0.05, 0.1) is 6.61 Å². The third kappa shape index (κ3) is 1.41. The molecule has 54 valence electrons. The van der Waals surface area contributed by atoms with Gasteiger partial charge in [0.2, 0.25) is 5.95 Å². The molecule has 0 radical (unpaired) electrons. The van der Waals surface area contributed by atoms with Crippen molar-refractivity contribution in [1.29, 1.82) is 0 Å². The van der Waals surface area contributed by atoms with Gasteiger partial charge in [0.1, 0.15) is 5.82 Å². The lowest BCUT2D eigenvalue weighted by atomic mass is 10.3. The van der Waals surface area contributed by atoms with E-state index in [0.717, 1.165) is 6.07 Å². The molecule has 1 aromatic heterocycles. The molecular formula is C6H7FN2O. The van der Waals surface area contributed by atoms with Crippen molar-refractivity contribution < 1.29 is 9.50 Å². The monoisotopic (exact) mass is 142 g/mol. The highest BCUT2D eigenvalue weighted by Gasteiger charge is 1.96. The smallest absolute Gasteiger partial charge is 0.215 e. The third-order valence-electron chi connectivity index (χ3n) is 1.06. The zero-order chi connectivity index (χ0) is 7.56. The molecule has 4 heteroatoms. The van der Waals surface area contributed by atoms with Crippen LogP contribution in [0.15, 0.2) is 12.1 Å². The number of nitrogens with two attached hydrogens (primary N) is 1. The molecule has 1 heterocycles. The van der Waals surface area contributed by atoms with Crippen LogP contribution in [0.4, 0.5) is 10.2 Å². The van der Waals surface area contributed by atoms with Gasteiger partial charge in [-0.15, -0.1) is 0 Å². The molecular weight excluding hydrogens is 135 g/mol. The van der Waals surface area contributed by atoms with Gasteiger partial charge in [-0.25, -0.2) is 4.98 Å². The van der Waals surface area contributed by atoms with Gasteiger partial charge in [-0.05, 0) is 17.7 Å². The topological polar surface area (TPSA) is 59.1 Å². The summed E-state index contributed by atoms with van der Waals surface area (Å²) in [5, 5.41) is 8.54. The summed E-state index contributed by atoms with van der Waals surface area (Å²) in [6.07, 6.45) is 0. The first-order chi connectivity index (χ1) is 4.72. The predicted molar refractivity (Wildman–Crippen MR) is 34.5 cm³/mol. The number of anilines is 1. The average Bonchev–Trinajstić information content (AvgIpc) is 1.85. The summed E-state index contributed by atoms with van der Waals surface area (Å²) >= 11 is 0. The van der Waals surface area contributed by atoms with Crippen molar-refractivity contribution >= 4 is 5.82 Å². The Balaban J connectivity index is 3.06. The Hall–Kier alpha value is -1.16. The first-order valence-corrected chi connectivity index (χ1v) is 2.75. The highest BCUT2D eigenvalue weighted by Crippen LogP contribution is 2.05. The Morgan fingerprint density at radius 3 is 2.80 bits per heavy atom. The number of halogens is 1. The minimum Gasteiger partial charge on any atom is -0.392 e. The van der Waals surface area contributed by atoms with Crippen LogP contribution in [-0.2, 0) is 6.61 Å². The van der Waals surface area contributed by atoms with Crippen LogP contribution in [0, 0.1) is 5.95 Å². The Labute approximate surface area is 57.3 Å². The van der Waals surface area contributed by atoms with E-state index < -0.39 is 5.95 Å². The van der Waals surface area contributed by atoms with Crippen molar-refractivity contribution in [1.82, 2.24) is 4.98 Å². The molecule has 0 bridgehead atoms. The summed E-state index contributed by atoms with van der Waals surface area (Å²) in [6, 6.07) is 2.55. The normalized spacial score (nSPS) is 9.80. The molecule has 3 N–H and O–H groups in total. The molecule has 0 amide bonds. The second kappa shape index (κ2) is 2.62. The second-order valence-corrected chi connectivity index (χ2v) is 1.88. The Morgan fingerprint density at radius 1 is 1.60 bits per heavy atom.